The maximum Gasteiger partial charge on any atom is 0.262 e. The Morgan fingerprint density at radius 3 is 2.88 bits per heavy atom. The molecule has 126 valence electrons. The van der Waals surface area contributed by atoms with Gasteiger partial charge in [0.2, 0.25) is 11.7 Å². The van der Waals surface area contributed by atoms with Crippen molar-refractivity contribution in [1.82, 2.24) is 24.5 Å². The first kappa shape index (κ1) is 16.5. The van der Waals surface area contributed by atoms with Crippen LogP contribution in [0.1, 0.15) is 19.8 Å². The number of fused-ring (bicyclic) bond motifs is 3. The topological polar surface area (TPSA) is 81.3 Å². The molecule has 0 aliphatic heterocycles. The predicted molar refractivity (Wildman–Crippen MR) is 94.4 cm³/mol. The monoisotopic (exact) mass is 345 g/mol. The highest BCUT2D eigenvalue weighted by molar-refractivity contribution is 7.99. The summed E-state index contributed by atoms with van der Waals surface area (Å²) in [5.41, 5.74) is 0.633. The number of hydrogen-bond donors (Lipinski definition) is 1. The van der Waals surface area contributed by atoms with Gasteiger partial charge in [0.15, 0.2) is 5.16 Å². The lowest BCUT2D eigenvalue weighted by molar-refractivity contribution is -0.118. The van der Waals surface area contributed by atoms with E-state index in [0.717, 1.165) is 18.4 Å². The lowest BCUT2D eigenvalue weighted by atomic mass is 10.2. The van der Waals surface area contributed by atoms with E-state index in [1.54, 1.807) is 13.1 Å². The maximum absolute atomic E-state index is 12.4. The molecule has 1 aromatic carbocycles. The van der Waals surface area contributed by atoms with Crippen LogP contribution in [0.5, 0.6) is 0 Å². The quantitative estimate of drug-likeness (QED) is 0.542. The van der Waals surface area contributed by atoms with Crippen molar-refractivity contribution in [3.63, 3.8) is 0 Å². The lowest BCUT2D eigenvalue weighted by Crippen LogP contribution is -2.26. The van der Waals surface area contributed by atoms with Crippen molar-refractivity contribution < 1.29 is 4.79 Å². The van der Waals surface area contributed by atoms with Crippen LogP contribution in [0.4, 0.5) is 0 Å². The summed E-state index contributed by atoms with van der Waals surface area (Å²) in [6, 6.07) is 7.34. The van der Waals surface area contributed by atoms with E-state index in [-0.39, 0.29) is 17.2 Å². The maximum atomic E-state index is 12.4. The van der Waals surface area contributed by atoms with E-state index in [0.29, 0.717) is 22.9 Å². The van der Waals surface area contributed by atoms with Crippen molar-refractivity contribution in [2.24, 2.45) is 7.05 Å². The summed E-state index contributed by atoms with van der Waals surface area (Å²) >= 11 is 1.31. The Balaban J connectivity index is 1.93. The van der Waals surface area contributed by atoms with Crippen LogP contribution in [0.25, 0.3) is 16.7 Å². The zero-order valence-electron chi connectivity index (χ0n) is 13.7. The Morgan fingerprint density at radius 1 is 1.29 bits per heavy atom. The van der Waals surface area contributed by atoms with Crippen LogP contribution in [0.3, 0.4) is 0 Å². The largest absolute Gasteiger partial charge is 0.355 e. The normalized spacial score (nSPS) is 11.2. The summed E-state index contributed by atoms with van der Waals surface area (Å²) < 4.78 is 3.29. The molecule has 3 rings (SSSR count). The molecule has 24 heavy (non-hydrogen) atoms. The zero-order valence-corrected chi connectivity index (χ0v) is 14.5. The predicted octanol–water partition coefficient (Wildman–Crippen LogP) is 1.59. The first-order valence-electron chi connectivity index (χ1n) is 7.86. The highest BCUT2D eigenvalue weighted by Crippen LogP contribution is 2.20. The minimum atomic E-state index is -0.112. The molecule has 0 saturated heterocycles. The third-order valence-corrected chi connectivity index (χ3v) is 4.71. The van der Waals surface area contributed by atoms with E-state index in [1.165, 1.54) is 16.3 Å². The van der Waals surface area contributed by atoms with Crippen molar-refractivity contribution in [2.75, 3.05) is 12.3 Å². The second-order valence-electron chi connectivity index (χ2n) is 5.49. The standard InChI is InChI=1S/C16H19N5O2S/c1-3-4-9-17-13(22)10-24-16-19-18-15-20(2)14(23)11-7-5-6-8-12(11)21(15)16/h5-8H,3-4,9-10H2,1-2H3,(H,17,22). The van der Waals surface area contributed by atoms with Gasteiger partial charge in [-0.05, 0) is 18.6 Å². The van der Waals surface area contributed by atoms with Crippen LogP contribution < -0.4 is 10.9 Å². The Kier molecular flexibility index (Phi) is 4.84. The van der Waals surface area contributed by atoms with Crippen LogP contribution in [-0.2, 0) is 11.8 Å². The fourth-order valence-electron chi connectivity index (χ4n) is 2.49. The highest BCUT2D eigenvalue weighted by atomic mass is 32.2. The molecule has 7 nitrogen and oxygen atoms in total. The minimum absolute atomic E-state index is 0.0284. The number of nitrogens with zero attached hydrogens (tertiary/aromatic N) is 4. The summed E-state index contributed by atoms with van der Waals surface area (Å²) in [6.45, 7) is 2.77. The molecule has 8 heteroatoms. The van der Waals surface area contributed by atoms with E-state index < -0.39 is 0 Å². The molecule has 0 atom stereocenters. The molecule has 2 heterocycles. The number of amides is 1. The van der Waals surface area contributed by atoms with Gasteiger partial charge >= 0.3 is 0 Å². The molecule has 0 fully saturated rings. The Morgan fingerprint density at radius 2 is 2.08 bits per heavy atom. The highest BCUT2D eigenvalue weighted by Gasteiger charge is 2.15. The molecule has 0 radical (unpaired) electrons. The number of carbonyl (C=O) groups is 1. The average molecular weight is 345 g/mol. The van der Waals surface area contributed by atoms with Gasteiger partial charge in [-0.3, -0.25) is 18.6 Å². The van der Waals surface area contributed by atoms with E-state index in [9.17, 15) is 9.59 Å². The van der Waals surface area contributed by atoms with Crippen molar-refractivity contribution in [1.29, 1.82) is 0 Å². The summed E-state index contributed by atoms with van der Waals surface area (Å²) in [6.07, 6.45) is 2.01. The molecule has 1 N–H and O–H groups in total. The van der Waals surface area contributed by atoms with Crippen molar-refractivity contribution in [2.45, 2.75) is 24.9 Å². The van der Waals surface area contributed by atoms with Crippen molar-refractivity contribution >= 4 is 34.3 Å². The fourth-order valence-corrected chi connectivity index (χ4v) is 3.26. The number of unbranched alkanes of at least 4 members (excludes halogenated alkanes) is 1. The number of aromatic nitrogens is 4. The fraction of sp³-hybridized carbons (Fsp3) is 0.375. The van der Waals surface area contributed by atoms with Crippen molar-refractivity contribution in [3.8, 4) is 0 Å². The van der Waals surface area contributed by atoms with Gasteiger partial charge in [0.25, 0.3) is 5.56 Å². The average Bonchev–Trinajstić information content (AvgIpc) is 3.02. The number of rotatable bonds is 6. The summed E-state index contributed by atoms with van der Waals surface area (Å²) in [5, 5.41) is 12.3. The van der Waals surface area contributed by atoms with Gasteiger partial charge < -0.3 is 5.32 Å². The Labute approximate surface area is 143 Å². The molecular formula is C16H19N5O2S. The van der Waals surface area contributed by atoms with Gasteiger partial charge in [0.1, 0.15) is 0 Å². The number of aryl methyl sites for hydroxylation is 1. The van der Waals surface area contributed by atoms with E-state index in [2.05, 4.69) is 22.4 Å². The summed E-state index contributed by atoms with van der Waals surface area (Å²) in [5.74, 6) is 0.703. The summed E-state index contributed by atoms with van der Waals surface area (Å²) in [7, 11) is 1.67. The van der Waals surface area contributed by atoms with Gasteiger partial charge in [-0.2, -0.15) is 0 Å². The van der Waals surface area contributed by atoms with E-state index in [1.807, 2.05) is 22.6 Å². The van der Waals surface area contributed by atoms with Gasteiger partial charge in [0.05, 0.1) is 16.7 Å². The van der Waals surface area contributed by atoms with E-state index in [4.69, 9.17) is 0 Å². The molecule has 1 amide bonds. The molecular weight excluding hydrogens is 326 g/mol. The number of para-hydroxylation sites is 1. The van der Waals surface area contributed by atoms with Crippen LogP contribution in [-0.4, -0.2) is 37.4 Å². The van der Waals surface area contributed by atoms with Crippen LogP contribution in [0.2, 0.25) is 0 Å². The molecule has 0 aliphatic rings. The smallest absolute Gasteiger partial charge is 0.262 e. The molecule has 0 bridgehead atoms. The first-order valence-corrected chi connectivity index (χ1v) is 8.84. The van der Waals surface area contributed by atoms with Gasteiger partial charge in [-0.1, -0.05) is 37.2 Å². The van der Waals surface area contributed by atoms with Gasteiger partial charge in [-0.25, -0.2) is 0 Å². The number of nitrogens with one attached hydrogen (secondary N) is 1. The first-order chi connectivity index (χ1) is 11.6. The third kappa shape index (κ3) is 3.01. The number of thioether (sulfide) groups is 1. The minimum Gasteiger partial charge on any atom is -0.355 e. The van der Waals surface area contributed by atoms with Crippen LogP contribution in [0.15, 0.2) is 34.2 Å². The third-order valence-electron chi connectivity index (χ3n) is 3.78. The molecule has 2 aromatic heterocycles. The van der Waals surface area contributed by atoms with Gasteiger partial charge in [0, 0.05) is 13.6 Å². The van der Waals surface area contributed by atoms with Gasteiger partial charge in [-0.15, -0.1) is 10.2 Å². The molecule has 0 spiro atoms. The molecule has 3 aromatic rings. The second kappa shape index (κ2) is 7.04. The van der Waals surface area contributed by atoms with E-state index >= 15 is 0 Å². The Bertz CT molecular complexity index is 947. The molecule has 0 saturated carbocycles. The molecule has 0 unspecified atom stereocenters. The summed E-state index contributed by atoms with van der Waals surface area (Å²) in [4.78, 5) is 24.3. The number of carbonyl (C=O) groups excluding carboxylic acids is 1. The SMILES string of the molecule is CCCCNC(=O)CSc1nnc2n(C)c(=O)c3ccccc3n12. The zero-order chi connectivity index (χ0) is 17.1. The van der Waals surface area contributed by atoms with Crippen LogP contribution >= 0.6 is 11.8 Å². The van der Waals surface area contributed by atoms with Crippen LogP contribution in [0, 0.1) is 0 Å². The Hall–Kier alpha value is -2.35. The van der Waals surface area contributed by atoms with Crippen molar-refractivity contribution in [3.05, 3.63) is 34.6 Å². The lowest BCUT2D eigenvalue weighted by Gasteiger charge is -2.07. The molecule has 0 aliphatic carbocycles. The number of benzene rings is 1. The second-order valence-corrected chi connectivity index (χ2v) is 6.43. The number of hydrogen-bond acceptors (Lipinski definition) is 5.